The number of hydrogen-bond donors (Lipinski definition) is 2. The van der Waals surface area contributed by atoms with E-state index in [0.717, 1.165) is 0 Å². The molecule has 0 aliphatic carbocycles. The summed E-state index contributed by atoms with van der Waals surface area (Å²) in [5.41, 5.74) is 5.22. The van der Waals surface area contributed by atoms with Gasteiger partial charge in [-0.3, -0.25) is 5.84 Å². The Morgan fingerprint density at radius 3 is 2.38 bits per heavy atom. The van der Waals surface area contributed by atoms with Crippen LogP contribution in [0.3, 0.4) is 0 Å². The van der Waals surface area contributed by atoms with Gasteiger partial charge in [0, 0.05) is 0 Å². The second-order valence-electron chi connectivity index (χ2n) is 3.30. The molecule has 1 aromatic rings. The largest absolute Gasteiger partial charge is 0.271 e. The van der Waals surface area contributed by atoms with E-state index in [2.05, 4.69) is 37.5 Å². The van der Waals surface area contributed by atoms with Crippen LogP contribution in [-0.4, -0.2) is 0 Å². The standard InChI is InChI=1S/C11H16N2/c1-9(2)8-11(13-12)10-6-4-3-5-7-10/h3-8,11,13H,12H2,1-2H3. The summed E-state index contributed by atoms with van der Waals surface area (Å²) in [6, 6.07) is 10.3. The van der Waals surface area contributed by atoms with Crippen molar-refractivity contribution in [2.45, 2.75) is 19.9 Å². The first kappa shape index (κ1) is 9.96. The Morgan fingerprint density at radius 1 is 1.31 bits per heavy atom. The maximum Gasteiger partial charge on any atom is 0.0643 e. The van der Waals surface area contributed by atoms with Gasteiger partial charge in [0.2, 0.25) is 0 Å². The van der Waals surface area contributed by atoms with Crippen molar-refractivity contribution in [3.05, 3.63) is 47.5 Å². The van der Waals surface area contributed by atoms with E-state index in [1.54, 1.807) is 0 Å². The van der Waals surface area contributed by atoms with Gasteiger partial charge in [0.1, 0.15) is 0 Å². The average Bonchev–Trinajstić information content (AvgIpc) is 2.15. The van der Waals surface area contributed by atoms with Crippen molar-refractivity contribution in [3.63, 3.8) is 0 Å². The Labute approximate surface area is 79.4 Å². The molecule has 70 valence electrons. The minimum Gasteiger partial charge on any atom is -0.271 e. The van der Waals surface area contributed by atoms with Crippen molar-refractivity contribution in [1.82, 2.24) is 5.43 Å². The Balaban J connectivity index is 2.85. The van der Waals surface area contributed by atoms with E-state index < -0.39 is 0 Å². The monoisotopic (exact) mass is 176 g/mol. The lowest BCUT2D eigenvalue weighted by molar-refractivity contribution is 0.652. The lowest BCUT2D eigenvalue weighted by Gasteiger charge is -2.12. The van der Waals surface area contributed by atoms with Gasteiger partial charge in [-0.15, -0.1) is 0 Å². The number of allylic oxidation sites excluding steroid dienone is 1. The fraction of sp³-hybridized carbons (Fsp3) is 0.273. The maximum absolute atomic E-state index is 5.46. The van der Waals surface area contributed by atoms with Gasteiger partial charge in [-0.1, -0.05) is 42.0 Å². The zero-order chi connectivity index (χ0) is 9.68. The van der Waals surface area contributed by atoms with Crippen LogP contribution in [0.5, 0.6) is 0 Å². The highest BCUT2D eigenvalue weighted by molar-refractivity contribution is 5.23. The SMILES string of the molecule is CC(C)=CC(NN)c1ccccc1. The molecule has 0 fully saturated rings. The van der Waals surface area contributed by atoms with Gasteiger partial charge in [0.15, 0.2) is 0 Å². The van der Waals surface area contributed by atoms with Gasteiger partial charge in [-0.2, -0.15) is 0 Å². The van der Waals surface area contributed by atoms with Crippen LogP contribution in [-0.2, 0) is 0 Å². The quantitative estimate of drug-likeness (QED) is 0.421. The summed E-state index contributed by atoms with van der Waals surface area (Å²) in [7, 11) is 0. The molecule has 0 spiro atoms. The molecule has 1 rings (SSSR count). The first-order valence-corrected chi connectivity index (χ1v) is 4.40. The van der Waals surface area contributed by atoms with Crippen LogP contribution in [0.15, 0.2) is 42.0 Å². The fourth-order valence-corrected chi connectivity index (χ4v) is 1.23. The van der Waals surface area contributed by atoms with Crippen LogP contribution in [0.4, 0.5) is 0 Å². The molecule has 3 N–H and O–H groups in total. The summed E-state index contributed by atoms with van der Waals surface area (Å²) < 4.78 is 0. The molecule has 0 aromatic heterocycles. The minimum absolute atomic E-state index is 0.117. The Bertz CT molecular complexity index is 273. The van der Waals surface area contributed by atoms with Crippen LogP contribution >= 0.6 is 0 Å². The number of nitrogens with one attached hydrogen (secondary N) is 1. The zero-order valence-corrected chi connectivity index (χ0v) is 8.12. The van der Waals surface area contributed by atoms with E-state index in [9.17, 15) is 0 Å². The van der Waals surface area contributed by atoms with E-state index in [-0.39, 0.29) is 6.04 Å². The molecule has 2 nitrogen and oxygen atoms in total. The smallest absolute Gasteiger partial charge is 0.0643 e. The van der Waals surface area contributed by atoms with E-state index in [1.807, 2.05) is 18.2 Å². The summed E-state index contributed by atoms with van der Waals surface area (Å²) in [5, 5.41) is 0. The number of hydrazine groups is 1. The first-order valence-electron chi connectivity index (χ1n) is 4.40. The molecule has 0 saturated carbocycles. The number of hydrogen-bond acceptors (Lipinski definition) is 2. The summed E-state index contributed by atoms with van der Waals surface area (Å²) in [6.07, 6.45) is 2.11. The molecule has 0 radical (unpaired) electrons. The summed E-state index contributed by atoms with van der Waals surface area (Å²) in [6.45, 7) is 4.13. The van der Waals surface area contributed by atoms with Crippen molar-refractivity contribution in [2.24, 2.45) is 5.84 Å². The first-order chi connectivity index (χ1) is 6.24. The van der Waals surface area contributed by atoms with Crippen LogP contribution in [0.2, 0.25) is 0 Å². The second kappa shape index (κ2) is 4.80. The Kier molecular flexibility index (Phi) is 3.68. The molecule has 0 aliphatic rings. The van der Waals surface area contributed by atoms with Gasteiger partial charge < -0.3 is 0 Å². The third-order valence-corrected chi connectivity index (χ3v) is 1.84. The van der Waals surface area contributed by atoms with Crippen molar-refractivity contribution >= 4 is 0 Å². The molecule has 0 saturated heterocycles. The molecule has 13 heavy (non-hydrogen) atoms. The fourth-order valence-electron chi connectivity index (χ4n) is 1.23. The molecular weight excluding hydrogens is 160 g/mol. The molecule has 0 bridgehead atoms. The lowest BCUT2D eigenvalue weighted by atomic mass is 10.1. The van der Waals surface area contributed by atoms with Crippen LogP contribution in [0.1, 0.15) is 25.5 Å². The van der Waals surface area contributed by atoms with Gasteiger partial charge >= 0.3 is 0 Å². The van der Waals surface area contributed by atoms with Crippen molar-refractivity contribution in [1.29, 1.82) is 0 Å². The van der Waals surface area contributed by atoms with Crippen molar-refractivity contribution in [3.8, 4) is 0 Å². The maximum atomic E-state index is 5.46. The molecule has 1 unspecified atom stereocenters. The van der Waals surface area contributed by atoms with Crippen LogP contribution in [0, 0.1) is 0 Å². The van der Waals surface area contributed by atoms with Gasteiger partial charge in [-0.05, 0) is 19.4 Å². The summed E-state index contributed by atoms with van der Waals surface area (Å²) in [4.78, 5) is 0. The normalized spacial score (nSPS) is 12.2. The molecular formula is C11H16N2. The third kappa shape index (κ3) is 3.01. The number of nitrogens with two attached hydrogens (primary N) is 1. The minimum atomic E-state index is 0.117. The van der Waals surface area contributed by atoms with Gasteiger partial charge in [0.05, 0.1) is 6.04 Å². The highest BCUT2D eigenvalue weighted by Gasteiger charge is 2.03. The molecule has 0 heterocycles. The highest BCUT2D eigenvalue weighted by atomic mass is 15.2. The van der Waals surface area contributed by atoms with E-state index in [0.29, 0.717) is 0 Å². The van der Waals surface area contributed by atoms with E-state index >= 15 is 0 Å². The molecule has 0 aliphatic heterocycles. The second-order valence-corrected chi connectivity index (χ2v) is 3.30. The number of rotatable bonds is 3. The van der Waals surface area contributed by atoms with E-state index in [1.165, 1.54) is 11.1 Å². The summed E-state index contributed by atoms with van der Waals surface area (Å²) >= 11 is 0. The predicted molar refractivity (Wildman–Crippen MR) is 55.9 cm³/mol. The highest BCUT2D eigenvalue weighted by Crippen LogP contribution is 2.14. The van der Waals surface area contributed by atoms with Crippen LogP contribution in [0.25, 0.3) is 0 Å². The van der Waals surface area contributed by atoms with Gasteiger partial charge in [0.25, 0.3) is 0 Å². The zero-order valence-electron chi connectivity index (χ0n) is 8.12. The van der Waals surface area contributed by atoms with Crippen LogP contribution < -0.4 is 11.3 Å². The average molecular weight is 176 g/mol. The van der Waals surface area contributed by atoms with E-state index in [4.69, 9.17) is 5.84 Å². The molecule has 2 heteroatoms. The van der Waals surface area contributed by atoms with Crippen molar-refractivity contribution in [2.75, 3.05) is 0 Å². The molecule has 0 amide bonds. The number of benzene rings is 1. The van der Waals surface area contributed by atoms with Gasteiger partial charge in [-0.25, -0.2) is 5.43 Å². The summed E-state index contributed by atoms with van der Waals surface area (Å²) in [5.74, 6) is 5.46. The van der Waals surface area contributed by atoms with Crippen molar-refractivity contribution < 1.29 is 0 Å². The third-order valence-electron chi connectivity index (χ3n) is 1.84. The topological polar surface area (TPSA) is 38.0 Å². The Hall–Kier alpha value is -1.12. The molecule has 1 atom stereocenters. The Morgan fingerprint density at radius 2 is 1.92 bits per heavy atom. The predicted octanol–water partition coefficient (Wildman–Crippen LogP) is 2.16. The molecule has 1 aromatic carbocycles. The lowest BCUT2D eigenvalue weighted by Crippen LogP contribution is -2.26.